The van der Waals surface area contributed by atoms with Gasteiger partial charge >= 0.3 is 12.0 Å². The fourth-order valence-corrected chi connectivity index (χ4v) is 2.13. The van der Waals surface area contributed by atoms with Gasteiger partial charge < -0.3 is 15.7 Å². The van der Waals surface area contributed by atoms with E-state index in [0.717, 1.165) is 10.0 Å². The fourth-order valence-electron chi connectivity index (χ4n) is 1.52. The van der Waals surface area contributed by atoms with Crippen LogP contribution in [0.2, 0.25) is 0 Å². The summed E-state index contributed by atoms with van der Waals surface area (Å²) in [5.41, 5.74) is 1.57. The zero-order valence-corrected chi connectivity index (χ0v) is 12.0. The number of hydrogen-bond donors (Lipinski definition) is 3. The van der Waals surface area contributed by atoms with Gasteiger partial charge in [0.25, 0.3) is 0 Å². The molecule has 6 heteroatoms. The summed E-state index contributed by atoms with van der Waals surface area (Å²) in [6.07, 6.45) is 1.61. The van der Waals surface area contributed by atoms with Crippen LogP contribution < -0.4 is 10.6 Å². The Bertz CT molecular complexity index is 482. The van der Waals surface area contributed by atoms with Crippen molar-refractivity contribution in [1.29, 1.82) is 0 Å². The normalized spacial score (nSPS) is 11.5. The van der Waals surface area contributed by atoms with Crippen molar-refractivity contribution in [3.05, 3.63) is 40.9 Å². The molecule has 19 heavy (non-hydrogen) atoms. The summed E-state index contributed by atoms with van der Waals surface area (Å²) >= 11 is 3.32. The SMILES string of the molecule is C=CCC(NC(=O)Nc1cc(C)cc(Br)c1)C(=O)O. The molecular weight excluding hydrogens is 312 g/mol. The predicted octanol–water partition coefficient (Wildman–Crippen LogP) is 2.91. The summed E-state index contributed by atoms with van der Waals surface area (Å²) in [6.45, 7) is 5.35. The van der Waals surface area contributed by atoms with Gasteiger partial charge in [0.2, 0.25) is 0 Å². The van der Waals surface area contributed by atoms with Gasteiger partial charge in [0.15, 0.2) is 0 Å². The van der Waals surface area contributed by atoms with Crippen LogP contribution in [-0.4, -0.2) is 23.1 Å². The second-order valence-electron chi connectivity index (χ2n) is 4.03. The third kappa shape index (κ3) is 5.13. The molecule has 0 aromatic heterocycles. The van der Waals surface area contributed by atoms with Gasteiger partial charge in [-0.3, -0.25) is 0 Å². The van der Waals surface area contributed by atoms with E-state index in [0.29, 0.717) is 5.69 Å². The average Bonchev–Trinajstić information content (AvgIpc) is 2.26. The molecule has 0 bridgehead atoms. The van der Waals surface area contributed by atoms with E-state index in [1.807, 2.05) is 13.0 Å². The van der Waals surface area contributed by atoms with Crippen LogP contribution in [0.1, 0.15) is 12.0 Å². The Labute approximate surface area is 119 Å². The Morgan fingerprint density at radius 3 is 2.68 bits per heavy atom. The van der Waals surface area contributed by atoms with Gasteiger partial charge in [-0.2, -0.15) is 0 Å². The first kappa shape index (κ1) is 15.2. The molecule has 0 saturated heterocycles. The number of carboxylic acids is 1. The van der Waals surface area contributed by atoms with Crippen LogP contribution in [0.25, 0.3) is 0 Å². The van der Waals surface area contributed by atoms with Crippen molar-refractivity contribution in [2.45, 2.75) is 19.4 Å². The predicted molar refractivity (Wildman–Crippen MR) is 77.3 cm³/mol. The average molecular weight is 327 g/mol. The minimum absolute atomic E-state index is 0.167. The number of amides is 2. The molecule has 0 fully saturated rings. The zero-order chi connectivity index (χ0) is 14.4. The van der Waals surface area contributed by atoms with E-state index in [1.165, 1.54) is 6.08 Å². The maximum Gasteiger partial charge on any atom is 0.326 e. The lowest BCUT2D eigenvalue weighted by molar-refractivity contribution is -0.139. The molecule has 5 nitrogen and oxygen atoms in total. The van der Waals surface area contributed by atoms with Crippen molar-refractivity contribution >= 4 is 33.6 Å². The summed E-state index contributed by atoms with van der Waals surface area (Å²) in [4.78, 5) is 22.6. The van der Waals surface area contributed by atoms with E-state index in [1.54, 1.807) is 12.1 Å². The Hall–Kier alpha value is -1.82. The van der Waals surface area contributed by atoms with Crippen molar-refractivity contribution in [2.24, 2.45) is 0 Å². The van der Waals surface area contributed by atoms with E-state index in [2.05, 4.69) is 33.1 Å². The lowest BCUT2D eigenvalue weighted by atomic mass is 10.2. The van der Waals surface area contributed by atoms with E-state index in [9.17, 15) is 9.59 Å². The third-order valence-electron chi connectivity index (χ3n) is 2.31. The fraction of sp³-hybridized carbons (Fsp3) is 0.231. The molecular formula is C13H15BrN2O3. The van der Waals surface area contributed by atoms with Crippen LogP contribution in [0.3, 0.4) is 0 Å². The standard InChI is InChI=1S/C13H15BrN2O3/c1-3-4-11(12(17)18)16-13(19)15-10-6-8(2)5-9(14)7-10/h3,5-7,11H,1,4H2,2H3,(H,17,18)(H2,15,16,19). The third-order valence-corrected chi connectivity index (χ3v) is 2.76. The smallest absolute Gasteiger partial charge is 0.326 e. The number of anilines is 1. The summed E-state index contributed by atoms with van der Waals surface area (Å²) < 4.78 is 0.837. The highest BCUT2D eigenvalue weighted by molar-refractivity contribution is 9.10. The number of halogens is 1. The molecule has 0 aliphatic heterocycles. The number of carboxylic acid groups (broad SMARTS) is 1. The van der Waals surface area contributed by atoms with E-state index in [-0.39, 0.29) is 6.42 Å². The molecule has 102 valence electrons. The van der Waals surface area contributed by atoms with Crippen LogP contribution >= 0.6 is 15.9 Å². The first-order chi connectivity index (χ1) is 8.92. The second kappa shape index (κ2) is 6.94. The van der Waals surface area contributed by atoms with Gasteiger partial charge in [-0.05, 0) is 37.1 Å². The van der Waals surface area contributed by atoms with Crippen molar-refractivity contribution in [3.8, 4) is 0 Å². The van der Waals surface area contributed by atoms with Gasteiger partial charge in [-0.1, -0.05) is 22.0 Å². The van der Waals surface area contributed by atoms with Crippen LogP contribution in [0.4, 0.5) is 10.5 Å². The quantitative estimate of drug-likeness (QED) is 0.728. The van der Waals surface area contributed by atoms with E-state index < -0.39 is 18.0 Å². The minimum Gasteiger partial charge on any atom is -0.480 e. The number of urea groups is 1. The molecule has 0 aliphatic rings. The first-order valence-corrected chi connectivity index (χ1v) is 6.40. The number of hydrogen-bond acceptors (Lipinski definition) is 2. The molecule has 0 heterocycles. The Morgan fingerprint density at radius 2 is 2.16 bits per heavy atom. The number of carbonyl (C=O) groups excluding carboxylic acids is 1. The Balaban J connectivity index is 2.68. The number of benzene rings is 1. The number of rotatable bonds is 5. The van der Waals surface area contributed by atoms with Crippen molar-refractivity contribution < 1.29 is 14.7 Å². The molecule has 0 radical (unpaired) electrons. The lowest BCUT2D eigenvalue weighted by Crippen LogP contribution is -2.42. The van der Waals surface area contributed by atoms with Gasteiger partial charge in [0.05, 0.1) is 0 Å². The summed E-state index contributed by atoms with van der Waals surface area (Å²) in [5, 5.41) is 13.9. The largest absolute Gasteiger partial charge is 0.480 e. The van der Waals surface area contributed by atoms with Gasteiger partial charge in [-0.15, -0.1) is 6.58 Å². The molecule has 1 aromatic carbocycles. The Kier molecular flexibility index (Phi) is 5.57. The summed E-state index contributed by atoms with van der Waals surface area (Å²) in [6, 6.07) is 3.88. The number of nitrogens with one attached hydrogen (secondary N) is 2. The topological polar surface area (TPSA) is 78.4 Å². The van der Waals surface area contributed by atoms with Crippen molar-refractivity contribution in [3.63, 3.8) is 0 Å². The number of aryl methyl sites for hydroxylation is 1. The molecule has 1 unspecified atom stereocenters. The first-order valence-electron chi connectivity index (χ1n) is 5.60. The Morgan fingerprint density at radius 1 is 1.47 bits per heavy atom. The van der Waals surface area contributed by atoms with Crippen molar-refractivity contribution in [1.82, 2.24) is 5.32 Å². The van der Waals surface area contributed by atoms with E-state index >= 15 is 0 Å². The molecule has 1 atom stereocenters. The second-order valence-corrected chi connectivity index (χ2v) is 4.95. The zero-order valence-electron chi connectivity index (χ0n) is 10.4. The maximum absolute atomic E-state index is 11.7. The molecule has 0 saturated carbocycles. The van der Waals surface area contributed by atoms with Crippen LogP contribution in [0.15, 0.2) is 35.3 Å². The highest BCUT2D eigenvalue weighted by Gasteiger charge is 2.18. The van der Waals surface area contributed by atoms with Crippen LogP contribution in [0.5, 0.6) is 0 Å². The van der Waals surface area contributed by atoms with Gasteiger partial charge in [0, 0.05) is 10.2 Å². The summed E-state index contributed by atoms with van der Waals surface area (Å²) in [7, 11) is 0. The number of aliphatic carboxylic acids is 1. The molecule has 1 aromatic rings. The summed E-state index contributed by atoms with van der Waals surface area (Å²) in [5.74, 6) is -1.10. The van der Waals surface area contributed by atoms with Crippen molar-refractivity contribution in [2.75, 3.05) is 5.32 Å². The molecule has 1 rings (SSSR count). The van der Waals surface area contributed by atoms with Crippen LogP contribution in [-0.2, 0) is 4.79 Å². The lowest BCUT2D eigenvalue weighted by Gasteiger charge is -2.13. The molecule has 2 amide bonds. The van der Waals surface area contributed by atoms with Crippen LogP contribution in [0, 0.1) is 6.92 Å². The van der Waals surface area contributed by atoms with Gasteiger partial charge in [-0.25, -0.2) is 9.59 Å². The van der Waals surface area contributed by atoms with Gasteiger partial charge in [0.1, 0.15) is 6.04 Å². The highest BCUT2D eigenvalue weighted by Crippen LogP contribution is 2.18. The minimum atomic E-state index is -1.10. The van der Waals surface area contributed by atoms with E-state index in [4.69, 9.17) is 5.11 Å². The molecule has 3 N–H and O–H groups in total. The highest BCUT2D eigenvalue weighted by atomic mass is 79.9. The molecule has 0 aliphatic carbocycles. The molecule has 0 spiro atoms. The maximum atomic E-state index is 11.7. The monoisotopic (exact) mass is 326 g/mol. The number of carbonyl (C=O) groups is 2.